The number of carbonyl (C=O) groups excluding carboxylic acids is 1. The van der Waals surface area contributed by atoms with Crippen molar-refractivity contribution < 1.29 is 9.53 Å². The van der Waals surface area contributed by atoms with E-state index in [9.17, 15) is 4.79 Å². The van der Waals surface area contributed by atoms with Crippen molar-refractivity contribution in [3.05, 3.63) is 22.4 Å². The van der Waals surface area contributed by atoms with Gasteiger partial charge in [-0.05, 0) is 45.2 Å². The zero-order valence-electron chi connectivity index (χ0n) is 10.8. The van der Waals surface area contributed by atoms with E-state index >= 15 is 0 Å². The molecule has 96 valence electrons. The summed E-state index contributed by atoms with van der Waals surface area (Å²) in [6.45, 7) is 7.24. The zero-order valence-corrected chi connectivity index (χ0v) is 11.6. The van der Waals surface area contributed by atoms with Crippen molar-refractivity contribution in [2.24, 2.45) is 0 Å². The lowest BCUT2D eigenvalue weighted by molar-refractivity contribution is -0.154. The third-order valence-electron chi connectivity index (χ3n) is 2.05. The molecule has 0 aromatic carbocycles. The van der Waals surface area contributed by atoms with E-state index in [0.29, 0.717) is 13.0 Å². The Morgan fingerprint density at radius 2 is 2.18 bits per heavy atom. The van der Waals surface area contributed by atoms with Crippen LogP contribution < -0.4 is 5.32 Å². The summed E-state index contributed by atoms with van der Waals surface area (Å²) >= 11 is 1.76. The maximum atomic E-state index is 11.4. The van der Waals surface area contributed by atoms with E-state index in [1.54, 1.807) is 11.3 Å². The topological polar surface area (TPSA) is 38.3 Å². The molecule has 4 heteroatoms. The molecule has 17 heavy (non-hydrogen) atoms. The van der Waals surface area contributed by atoms with Crippen LogP contribution in [0.1, 0.15) is 32.1 Å². The molecule has 0 aliphatic carbocycles. The van der Waals surface area contributed by atoms with E-state index < -0.39 is 0 Å². The number of hydrogen-bond donors (Lipinski definition) is 1. The summed E-state index contributed by atoms with van der Waals surface area (Å²) in [5.74, 6) is -0.138. The Hall–Kier alpha value is -0.870. The van der Waals surface area contributed by atoms with Gasteiger partial charge in [0, 0.05) is 11.4 Å². The smallest absolute Gasteiger partial charge is 0.307 e. The maximum Gasteiger partial charge on any atom is 0.307 e. The van der Waals surface area contributed by atoms with Gasteiger partial charge >= 0.3 is 5.97 Å². The van der Waals surface area contributed by atoms with Crippen molar-refractivity contribution >= 4 is 17.3 Å². The van der Waals surface area contributed by atoms with Crippen LogP contribution in [0.2, 0.25) is 0 Å². The molecule has 1 aromatic rings. The summed E-state index contributed by atoms with van der Waals surface area (Å²) in [7, 11) is 0. The van der Waals surface area contributed by atoms with Crippen LogP contribution >= 0.6 is 11.3 Å². The van der Waals surface area contributed by atoms with Gasteiger partial charge in [-0.1, -0.05) is 6.07 Å². The Labute approximate surface area is 107 Å². The Kier molecular flexibility index (Phi) is 5.65. The maximum absolute atomic E-state index is 11.4. The summed E-state index contributed by atoms with van der Waals surface area (Å²) in [6, 6.07) is 4.18. The second-order valence-corrected chi connectivity index (χ2v) is 5.95. The molecular weight excluding hydrogens is 234 g/mol. The monoisotopic (exact) mass is 255 g/mol. The van der Waals surface area contributed by atoms with Crippen LogP contribution in [0.25, 0.3) is 0 Å². The van der Waals surface area contributed by atoms with Gasteiger partial charge in [0.1, 0.15) is 5.60 Å². The zero-order chi connectivity index (χ0) is 12.7. The summed E-state index contributed by atoms with van der Waals surface area (Å²) in [5, 5.41) is 5.33. The number of ether oxygens (including phenoxy) is 1. The normalized spacial score (nSPS) is 11.5. The lowest BCUT2D eigenvalue weighted by atomic mass is 10.2. The lowest BCUT2D eigenvalue weighted by Gasteiger charge is -2.19. The summed E-state index contributed by atoms with van der Waals surface area (Å²) in [5.41, 5.74) is -0.381. The second-order valence-electron chi connectivity index (χ2n) is 4.92. The molecule has 0 saturated carbocycles. The molecule has 0 bridgehead atoms. The van der Waals surface area contributed by atoms with Gasteiger partial charge < -0.3 is 10.1 Å². The van der Waals surface area contributed by atoms with Crippen LogP contribution in [-0.4, -0.2) is 24.7 Å². The minimum atomic E-state index is -0.381. The molecule has 0 atom stereocenters. The molecular formula is C13H21NO2S. The van der Waals surface area contributed by atoms with E-state index in [-0.39, 0.29) is 11.6 Å². The molecule has 0 aliphatic rings. The standard InChI is InChI=1S/C13H21NO2S/c1-13(2,3)16-12(15)7-9-14-8-6-11-5-4-10-17-11/h4-5,10,14H,6-9H2,1-3H3. The Morgan fingerprint density at radius 3 is 2.76 bits per heavy atom. The number of esters is 1. The van der Waals surface area contributed by atoms with Crippen molar-refractivity contribution in [2.45, 2.75) is 39.2 Å². The Balaban J connectivity index is 2.02. The molecule has 0 saturated heterocycles. The van der Waals surface area contributed by atoms with Crippen molar-refractivity contribution in [2.75, 3.05) is 13.1 Å². The van der Waals surface area contributed by atoms with E-state index in [1.807, 2.05) is 20.8 Å². The quantitative estimate of drug-likeness (QED) is 0.627. The molecule has 0 aliphatic heterocycles. The fourth-order valence-corrected chi connectivity index (χ4v) is 2.08. The van der Waals surface area contributed by atoms with Crippen LogP contribution in [0, 0.1) is 0 Å². The third-order valence-corrected chi connectivity index (χ3v) is 2.99. The molecule has 0 unspecified atom stereocenters. The summed E-state index contributed by atoms with van der Waals surface area (Å²) in [4.78, 5) is 12.8. The van der Waals surface area contributed by atoms with Gasteiger partial charge in [0.2, 0.25) is 0 Å². The molecule has 0 spiro atoms. The van der Waals surface area contributed by atoms with Gasteiger partial charge in [-0.3, -0.25) is 4.79 Å². The minimum absolute atomic E-state index is 0.138. The van der Waals surface area contributed by atoms with Gasteiger partial charge in [-0.2, -0.15) is 0 Å². The molecule has 0 radical (unpaired) electrons. The SMILES string of the molecule is CC(C)(C)OC(=O)CCNCCc1cccs1. The molecule has 0 fully saturated rings. The first-order chi connectivity index (χ1) is 7.97. The van der Waals surface area contributed by atoms with Gasteiger partial charge in [-0.25, -0.2) is 0 Å². The summed E-state index contributed by atoms with van der Waals surface area (Å²) in [6.07, 6.45) is 1.45. The third kappa shape index (κ3) is 7.13. The summed E-state index contributed by atoms with van der Waals surface area (Å²) < 4.78 is 5.21. The van der Waals surface area contributed by atoms with Crippen LogP contribution in [0.15, 0.2) is 17.5 Å². The largest absolute Gasteiger partial charge is 0.460 e. The first-order valence-electron chi connectivity index (χ1n) is 5.92. The van der Waals surface area contributed by atoms with Crippen LogP contribution in [0.5, 0.6) is 0 Å². The first-order valence-corrected chi connectivity index (χ1v) is 6.80. The number of rotatable bonds is 6. The highest BCUT2D eigenvalue weighted by atomic mass is 32.1. The van der Waals surface area contributed by atoms with E-state index in [0.717, 1.165) is 13.0 Å². The number of hydrogen-bond acceptors (Lipinski definition) is 4. The molecule has 0 amide bonds. The van der Waals surface area contributed by atoms with E-state index in [2.05, 4.69) is 22.8 Å². The fourth-order valence-electron chi connectivity index (χ4n) is 1.37. The van der Waals surface area contributed by atoms with Crippen molar-refractivity contribution in [1.29, 1.82) is 0 Å². The number of thiophene rings is 1. The Bertz CT molecular complexity index is 328. The minimum Gasteiger partial charge on any atom is -0.460 e. The van der Waals surface area contributed by atoms with Gasteiger partial charge in [0.15, 0.2) is 0 Å². The van der Waals surface area contributed by atoms with Gasteiger partial charge in [-0.15, -0.1) is 11.3 Å². The molecule has 1 heterocycles. The second kappa shape index (κ2) is 6.77. The lowest BCUT2D eigenvalue weighted by Crippen LogP contribution is -2.27. The highest BCUT2D eigenvalue weighted by Gasteiger charge is 2.15. The Morgan fingerprint density at radius 1 is 1.41 bits per heavy atom. The molecule has 1 N–H and O–H groups in total. The predicted molar refractivity (Wildman–Crippen MR) is 71.4 cm³/mol. The van der Waals surface area contributed by atoms with E-state index in [4.69, 9.17) is 4.74 Å². The van der Waals surface area contributed by atoms with Crippen LogP contribution in [-0.2, 0) is 16.0 Å². The predicted octanol–water partition coefficient (Wildman–Crippen LogP) is 2.61. The molecule has 1 aromatic heterocycles. The van der Waals surface area contributed by atoms with Crippen molar-refractivity contribution in [1.82, 2.24) is 5.32 Å². The fraction of sp³-hybridized carbons (Fsp3) is 0.615. The number of carbonyl (C=O) groups is 1. The van der Waals surface area contributed by atoms with Gasteiger partial charge in [0.05, 0.1) is 6.42 Å². The molecule has 3 nitrogen and oxygen atoms in total. The highest BCUT2D eigenvalue weighted by Crippen LogP contribution is 2.09. The average molecular weight is 255 g/mol. The van der Waals surface area contributed by atoms with Gasteiger partial charge in [0.25, 0.3) is 0 Å². The first kappa shape index (κ1) is 14.2. The molecule has 1 rings (SSSR count). The van der Waals surface area contributed by atoms with Crippen LogP contribution in [0.3, 0.4) is 0 Å². The number of nitrogens with one attached hydrogen (secondary N) is 1. The van der Waals surface area contributed by atoms with Crippen molar-refractivity contribution in [3.63, 3.8) is 0 Å². The van der Waals surface area contributed by atoms with Crippen molar-refractivity contribution in [3.8, 4) is 0 Å². The average Bonchev–Trinajstić information content (AvgIpc) is 2.67. The van der Waals surface area contributed by atoms with Crippen LogP contribution in [0.4, 0.5) is 0 Å². The van der Waals surface area contributed by atoms with E-state index in [1.165, 1.54) is 4.88 Å². The highest BCUT2D eigenvalue weighted by molar-refractivity contribution is 7.09.